The number of sulfone groups is 1. The molecule has 31 heavy (non-hydrogen) atoms. The minimum atomic E-state index is -3.44. The first kappa shape index (κ1) is 21.9. The second-order valence-corrected chi connectivity index (χ2v) is 10.5. The molecule has 3 heterocycles. The first-order valence-corrected chi connectivity index (χ1v) is 12.6. The van der Waals surface area contributed by atoms with Gasteiger partial charge in [-0.1, -0.05) is 6.07 Å². The number of aryl methyl sites for hydroxylation is 1. The number of piperidine rings is 2. The van der Waals surface area contributed by atoms with Crippen LogP contribution in [-0.4, -0.2) is 79.0 Å². The van der Waals surface area contributed by atoms with E-state index >= 15 is 0 Å². The first-order valence-electron chi connectivity index (χ1n) is 10.7. The van der Waals surface area contributed by atoms with E-state index in [1.165, 1.54) is 17.9 Å². The second kappa shape index (κ2) is 8.31. The minimum absolute atomic E-state index is 0.0393. The first-order chi connectivity index (χ1) is 14.7. The summed E-state index contributed by atoms with van der Waals surface area (Å²) < 4.78 is 32.5. The van der Waals surface area contributed by atoms with Crippen molar-refractivity contribution in [3.8, 4) is 0 Å². The molecule has 1 amide bonds. The second-order valence-electron chi connectivity index (χ2n) is 8.56. The molecule has 2 aromatic rings. The Hall–Kier alpha value is -2.33. The summed E-state index contributed by atoms with van der Waals surface area (Å²) in [5.74, 6) is 0. The molecule has 9 nitrogen and oxygen atoms in total. The Morgan fingerprint density at radius 2 is 1.65 bits per heavy atom. The summed E-state index contributed by atoms with van der Waals surface area (Å²) in [5.41, 5.74) is 0.990. The van der Waals surface area contributed by atoms with Crippen molar-refractivity contribution in [2.75, 3.05) is 39.5 Å². The Morgan fingerprint density at radius 3 is 2.23 bits per heavy atom. The molecule has 0 saturated carbocycles. The van der Waals surface area contributed by atoms with Gasteiger partial charge in [0.1, 0.15) is 0 Å². The summed E-state index contributed by atoms with van der Waals surface area (Å²) >= 11 is 0. The fraction of sp³-hybridized carbons (Fsp3) is 0.619. The number of imidazole rings is 1. The highest BCUT2D eigenvalue weighted by molar-refractivity contribution is 7.91. The van der Waals surface area contributed by atoms with Crippen LogP contribution in [0, 0.1) is 0 Å². The molecule has 2 saturated heterocycles. The Bertz CT molecular complexity index is 1140. The third-order valence-corrected chi connectivity index (χ3v) is 7.87. The zero-order chi connectivity index (χ0) is 22.3. The van der Waals surface area contributed by atoms with E-state index in [0.717, 1.165) is 38.8 Å². The molecular weight excluding hydrogens is 420 g/mol. The van der Waals surface area contributed by atoms with Crippen LogP contribution in [0.4, 0.5) is 4.79 Å². The molecule has 10 heteroatoms. The van der Waals surface area contributed by atoms with Crippen molar-refractivity contribution in [3.05, 3.63) is 28.7 Å². The summed E-state index contributed by atoms with van der Waals surface area (Å²) in [6.45, 7) is 3.16. The zero-order valence-electron chi connectivity index (χ0n) is 18.3. The van der Waals surface area contributed by atoms with Crippen LogP contribution in [0.5, 0.6) is 0 Å². The number of ether oxygens (including phenoxy) is 1. The van der Waals surface area contributed by atoms with Crippen LogP contribution < -0.4 is 5.69 Å². The molecule has 0 spiro atoms. The molecule has 0 radical (unpaired) electrons. The average Bonchev–Trinajstić information content (AvgIpc) is 3.03. The van der Waals surface area contributed by atoms with Gasteiger partial charge < -0.3 is 14.5 Å². The van der Waals surface area contributed by atoms with Gasteiger partial charge in [-0.25, -0.2) is 18.0 Å². The van der Waals surface area contributed by atoms with E-state index in [0.29, 0.717) is 30.2 Å². The number of amides is 1. The third kappa shape index (κ3) is 3.98. The lowest BCUT2D eigenvalue weighted by molar-refractivity contribution is 0.0686. The molecular formula is C21H30N4O5S. The number of carbonyl (C=O) groups excluding carboxylic acids is 1. The van der Waals surface area contributed by atoms with E-state index in [2.05, 4.69) is 4.90 Å². The van der Waals surface area contributed by atoms with Gasteiger partial charge in [0, 0.05) is 51.6 Å². The van der Waals surface area contributed by atoms with Crippen LogP contribution in [0.25, 0.3) is 11.0 Å². The van der Waals surface area contributed by atoms with E-state index in [-0.39, 0.29) is 22.7 Å². The number of aromatic nitrogens is 2. The lowest BCUT2D eigenvalue weighted by atomic mass is 9.97. The lowest BCUT2D eigenvalue weighted by Crippen LogP contribution is -2.49. The summed E-state index contributed by atoms with van der Waals surface area (Å²) in [7, 11) is -0.391. The highest BCUT2D eigenvalue weighted by Gasteiger charge is 2.32. The maximum absolute atomic E-state index is 13.0. The Morgan fingerprint density at radius 1 is 1.03 bits per heavy atom. The van der Waals surface area contributed by atoms with E-state index in [1.54, 1.807) is 28.6 Å². The quantitative estimate of drug-likeness (QED) is 0.705. The van der Waals surface area contributed by atoms with Gasteiger partial charge in [0.05, 0.1) is 23.0 Å². The lowest BCUT2D eigenvalue weighted by Gasteiger charge is -2.41. The molecule has 0 bridgehead atoms. The monoisotopic (exact) mass is 450 g/mol. The molecule has 1 aromatic carbocycles. The maximum atomic E-state index is 13.0. The maximum Gasteiger partial charge on any atom is 0.409 e. The number of carbonyl (C=O) groups is 1. The van der Waals surface area contributed by atoms with E-state index in [4.69, 9.17) is 4.74 Å². The van der Waals surface area contributed by atoms with Crippen molar-refractivity contribution in [2.45, 2.75) is 42.7 Å². The molecule has 0 N–H and O–H groups in total. The van der Waals surface area contributed by atoms with Crippen LogP contribution in [-0.2, 0) is 21.6 Å². The van der Waals surface area contributed by atoms with Gasteiger partial charge in [0.25, 0.3) is 0 Å². The number of hydrogen-bond acceptors (Lipinski definition) is 6. The van der Waals surface area contributed by atoms with Crippen LogP contribution in [0.3, 0.4) is 0 Å². The predicted molar refractivity (Wildman–Crippen MR) is 117 cm³/mol. The number of nitrogens with zero attached hydrogens (tertiary/aromatic N) is 4. The van der Waals surface area contributed by atoms with Gasteiger partial charge in [-0.15, -0.1) is 0 Å². The van der Waals surface area contributed by atoms with Crippen molar-refractivity contribution in [3.63, 3.8) is 0 Å². The van der Waals surface area contributed by atoms with Crippen molar-refractivity contribution < 1.29 is 17.9 Å². The Kier molecular flexibility index (Phi) is 5.87. The number of fused-ring (bicyclic) bond motifs is 1. The predicted octanol–water partition coefficient (Wildman–Crippen LogP) is 1.61. The number of rotatable bonds is 3. The number of methoxy groups -OCH3 is 1. The highest BCUT2D eigenvalue weighted by Crippen LogP contribution is 2.30. The average molecular weight is 451 g/mol. The molecule has 4 rings (SSSR count). The number of benzene rings is 1. The van der Waals surface area contributed by atoms with Crippen molar-refractivity contribution in [1.29, 1.82) is 0 Å². The van der Waals surface area contributed by atoms with Crippen LogP contribution in [0.1, 0.15) is 31.7 Å². The molecule has 170 valence electrons. The van der Waals surface area contributed by atoms with Gasteiger partial charge >= 0.3 is 11.8 Å². The van der Waals surface area contributed by atoms with Gasteiger partial charge in [-0.05, 0) is 37.8 Å². The number of hydrogen-bond donors (Lipinski definition) is 0. The third-order valence-electron chi connectivity index (χ3n) is 6.74. The van der Waals surface area contributed by atoms with Crippen LogP contribution >= 0.6 is 0 Å². The summed E-state index contributed by atoms with van der Waals surface area (Å²) in [6.07, 6.45) is 4.42. The van der Waals surface area contributed by atoms with Crippen molar-refractivity contribution >= 4 is 27.0 Å². The van der Waals surface area contributed by atoms with Gasteiger partial charge in [0.15, 0.2) is 9.84 Å². The fourth-order valence-electron chi connectivity index (χ4n) is 5.11. The largest absolute Gasteiger partial charge is 0.453 e. The molecule has 0 aliphatic carbocycles. The fourth-order valence-corrected chi connectivity index (χ4v) is 6.02. The minimum Gasteiger partial charge on any atom is -0.453 e. The van der Waals surface area contributed by atoms with Crippen LogP contribution in [0.2, 0.25) is 0 Å². The molecule has 2 aliphatic rings. The van der Waals surface area contributed by atoms with Crippen molar-refractivity contribution in [2.24, 2.45) is 7.05 Å². The zero-order valence-corrected chi connectivity index (χ0v) is 19.1. The van der Waals surface area contributed by atoms with E-state index in [9.17, 15) is 18.0 Å². The van der Waals surface area contributed by atoms with Gasteiger partial charge in [0.2, 0.25) is 0 Å². The van der Waals surface area contributed by atoms with Gasteiger partial charge in [-0.3, -0.25) is 9.13 Å². The molecule has 1 aromatic heterocycles. The molecule has 2 aliphatic heterocycles. The molecule has 0 unspecified atom stereocenters. The van der Waals surface area contributed by atoms with E-state index in [1.807, 2.05) is 6.07 Å². The standard InChI is InChI=1S/C21H30N4O5S/c1-22-19-17(5-4-6-18(19)31(3,28)29)25(20(22)26)16-9-11-23(12-10-16)15-7-13-24(14-8-15)21(27)30-2/h4-6,15-16H,7-14H2,1-3H3. The SMILES string of the molecule is COC(=O)N1CCC(N2CCC(n3c(=O)n(C)c4c(S(C)(=O)=O)cccc43)CC2)CC1. The van der Waals surface area contributed by atoms with Crippen molar-refractivity contribution in [1.82, 2.24) is 18.9 Å². The molecule has 2 fully saturated rings. The highest BCUT2D eigenvalue weighted by atomic mass is 32.2. The summed E-state index contributed by atoms with van der Waals surface area (Å²) in [4.78, 5) is 29.1. The van der Waals surface area contributed by atoms with E-state index < -0.39 is 9.84 Å². The summed E-state index contributed by atoms with van der Waals surface area (Å²) in [5, 5.41) is 0. The normalized spacial score (nSPS) is 19.8. The topological polar surface area (TPSA) is 93.8 Å². The van der Waals surface area contributed by atoms with Crippen LogP contribution in [0.15, 0.2) is 27.9 Å². The smallest absolute Gasteiger partial charge is 0.409 e. The summed E-state index contributed by atoms with van der Waals surface area (Å²) in [6, 6.07) is 5.57. The Balaban J connectivity index is 1.51. The number of likely N-dealkylation sites (tertiary alicyclic amines) is 2. The number of para-hydroxylation sites is 1. The Labute approximate surface area is 182 Å². The molecule has 0 atom stereocenters. The van der Waals surface area contributed by atoms with Gasteiger partial charge in [-0.2, -0.15) is 0 Å².